The fraction of sp³-hybridized carbons (Fsp3) is 0. The lowest BCUT2D eigenvalue weighted by atomic mass is 9.32. The third-order valence-electron chi connectivity index (χ3n) is 17.5. The zero-order chi connectivity index (χ0) is 56.4. The van der Waals surface area contributed by atoms with Crippen LogP contribution in [0.15, 0.2) is 306 Å². The van der Waals surface area contributed by atoms with Gasteiger partial charge in [-0.15, -0.1) is 0 Å². The number of rotatable bonds is 9. The number of fused-ring (bicyclic) bond motifs is 12. The van der Waals surface area contributed by atoms with E-state index in [4.69, 9.17) is 13.6 Å². The minimum absolute atomic E-state index is 0.369. The van der Waals surface area contributed by atoms with Gasteiger partial charge in [-0.2, -0.15) is 0 Å². The molecule has 0 spiro atoms. The van der Waals surface area contributed by atoms with E-state index >= 15 is 0 Å². The molecule has 0 saturated carbocycles. The lowest BCUT2D eigenvalue weighted by Gasteiger charge is -2.44. The molecular weight excluding hydrogens is 1050 g/mol. The van der Waals surface area contributed by atoms with Gasteiger partial charge in [0, 0.05) is 90.9 Å². The largest absolute Gasteiger partial charge is 0.468 e. The first-order chi connectivity index (χ1) is 42.7. The molecule has 0 atom stereocenters. The summed E-state index contributed by atoms with van der Waals surface area (Å²) in [6.45, 7) is -0.752. The van der Waals surface area contributed by atoms with Gasteiger partial charge < -0.3 is 38.1 Å². The highest BCUT2D eigenvalue weighted by Crippen LogP contribution is 2.52. The SMILES string of the molecule is c1ccc(N(c2ccccc2)c2cc3c4c(c2)N(c2ccccc2)c2c(oc5ccccc25)B4c2cc4c(cc2O3)N(c2ccccc2)c2cc(N(c3ccccc3)c3ccccc3)cc3c2B4c2oc4ccccc4c2N3c2ccccc2)cc1. The number of para-hydroxylation sites is 9. The number of furan rings is 2. The summed E-state index contributed by atoms with van der Waals surface area (Å²) in [6, 6.07) is 106. The fourth-order valence-corrected chi connectivity index (χ4v) is 14.1. The van der Waals surface area contributed by atoms with Crippen LogP contribution in [0.25, 0.3) is 21.9 Å². The topological polar surface area (TPSA) is 51.7 Å². The van der Waals surface area contributed by atoms with Crippen LogP contribution >= 0.6 is 0 Å². The van der Waals surface area contributed by atoms with Crippen molar-refractivity contribution in [2.24, 2.45) is 0 Å². The molecule has 12 aromatic carbocycles. The molecule has 0 unspecified atom stereocenters. The average molecular weight is 1100 g/mol. The molecule has 0 radical (unpaired) electrons. The molecule has 10 heteroatoms. The van der Waals surface area contributed by atoms with Crippen LogP contribution in [0.1, 0.15) is 0 Å². The van der Waals surface area contributed by atoms with Gasteiger partial charge in [-0.25, -0.2) is 0 Å². The number of hydrogen-bond acceptors (Lipinski definition) is 8. The van der Waals surface area contributed by atoms with Crippen LogP contribution in [-0.4, -0.2) is 13.4 Å². The second kappa shape index (κ2) is 19.1. The standard InChI is InChI=1S/C76H49B2N5O3/c1-8-26-50(27-9-1)79(51-28-10-2-11-29-51)57-44-64-71-65(45-57)82(55-36-18-6-19-37-55)73-59-40-22-24-42-67(59)85-75(73)77(71)61-48-62-69(49-63(61)81(64)54-34-16-5-17-35-54)84-70-47-58(80(52-30-12-3-13-31-52)53-32-14-4-15-33-53)46-66-72(70)78(62)76-74(60-41-23-25-43-68(60)86-76)83(66)56-38-20-7-21-39-56/h1-49H. The van der Waals surface area contributed by atoms with Crippen LogP contribution in [0.2, 0.25) is 0 Å². The first-order valence-corrected chi connectivity index (χ1v) is 29.3. The predicted molar refractivity (Wildman–Crippen MR) is 355 cm³/mol. The van der Waals surface area contributed by atoms with Crippen molar-refractivity contribution in [3.63, 3.8) is 0 Å². The molecule has 0 N–H and O–H groups in total. The molecule has 4 aliphatic heterocycles. The van der Waals surface area contributed by atoms with Crippen molar-refractivity contribution in [2.75, 3.05) is 24.5 Å². The smallest absolute Gasteiger partial charge is 0.301 e. The molecule has 6 heterocycles. The Morgan fingerprint density at radius 1 is 0.279 bits per heavy atom. The van der Waals surface area contributed by atoms with Gasteiger partial charge >= 0.3 is 6.71 Å². The normalized spacial score (nSPS) is 13.1. The summed E-state index contributed by atoms with van der Waals surface area (Å²) in [6.07, 6.45) is 0. The molecule has 18 rings (SSSR count). The number of hydrogen-bond donors (Lipinski definition) is 0. The molecule has 0 bridgehead atoms. The fourth-order valence-electron chi connectivity index (χ4n) is 14.1. The van der Waals surface area contributed by atoms with Crippen molar-refractivity contribution in [1.29, 1.82) is 0 Å². The molecule has 0 aliphatic carbocycles. The van der Waals surface area contributed by atoms with Crippen LogP contribution < -0.4 is 62.4 Å². The van der Waals surface area contributed by atoms with Crippen molar-refractivity contribution >= 4 is 154 Å². The Hall–Kier alpha value is -11.4. The summed E-state index contributed by atoms with van der Waals surface area (Å²) in [7, 11) is 0. The summed E-state index contributed by atoms with van der Waals surface area (Å²) in [5, 5.41) is 2.07. The summed E-state index contributed by atoms with van der Waals surface area (Å²) in [5.74, 6) is 1.50. The van der Waals surface area contributed by atoms with Crippen LogP contribution in [0.5, 0.6) is 11.5 Å². The Morgan fingerprint density at radius 2 is 0.640 bits per heavy atom. The van der Waals surface area contributed by atoms with Crippen molar-refractivity contribution < 1.29 is 13.6 Å². The Bertz CT molecular complexity index is 4880. The van der Waals surface area contributed by atoms with Crippen LogP contribution in [-0.2, 0) is 0 Å². The van der Waals surface area contributed by atoms with E-state index in [1.165, 1.54) is 0 Å². The highest BCUT2D eigenvalue weighted by molar-refractivity contribution is 7.02. The molecule has 0 saturated heterocycles. The first-order valence-electron chi connectivity index (χ1n) is 29.3. The maximum atomic E-state index is 7.71. The highest BCUT2D eigenvalue weighted by atomic mass is 16.5. The minimum Gasteiger partial charge on any atom is -0.468 e. The van der Waals surface area contributed by atoms with E-state index in [9.17, 15) is 0 Å². The molecule has 0 amide bonds. The van der Waals surface area contributed by atoms with Gasteiger partial charge in [-0.3, -0.25) is 0 Å². The Balaban J connectivity index is 0.948. The molecule has 0 fully saturated rings. The van der Waals surface area contributed by atoms with E-state index in [0.717, 1.165) is 152 Å². The Labute approximate surface area is 498 Å². The Kier molecular flexibility index (Phi) is 10.7. The van der Waals surface area contributed by atoms with Gasteiger partial charge in [0.05, 0.1) is 34.1 Å². The number of anilines is 15. The van der Waals surface area contributed by atoms with E-state index in [1.54, 1.807) is 0 Å². The number of nitrogens with zero attached hydrogens (tertiary/aromatic N) is 5. The molecule has 86 heavy (non-hydrogen) atoms. The van der Waals surface area contributed by atoms with Gasteiger partial charge in [0.15, 0.2) is 0 Å². The second-order valence-electron chi connectivity index (χ2n) is 22.3. The molecule has 402 valence electrons. The third kappa shape index (κ3) is 7.26. The van der Waals surface area contributed by atoms with Crippen molar-refractivity contribution in [3.8, 4) is 11.5 Å². The monoisotopic (exact) mass is 1100 g/mol. The van der Waals surface area contributed by atoms with E-state index in [-0.39, 0.29) is 13.4 Å². The average Bonchev–Trinajstić information content (AvgIpc) is 1.25. The van der Waals surface area contributed by atoms with E-state index in [0.29, 0.717) is 0 Å². The summed E-state index contributed by atoms with van der Waals surface area (Å²) in [5.41, 5.74) is 22.9. The second-order valence-corrected chi connectivity index (χ2v) is 22.3. The van der Waals surface area contributed by atoms with Crippen LogP contribution in [0, 0.1) is 0 Å². The van der Waals surface area contributed by atoms with Crippen LogP contribution in [0.4, 0.5) is 85.3 Å². The molecule has 14 aromatic rings. The van der Waals surface area contributed by atoms with Crippen molar-refractivity contribution in [1.82, 2.24) is 0 Å². The van der Waals surface area contributed by atoms with Crippen molar-refractivity contribution in [3.05, 3.63) is 297 Å². The van der Waals surface area contributed by atoms with Crippen LogP contribution in [0.3, 0.4) is 0 Å². The number of ether oxygens (including phenoxy) is 1. The number of benzene rings is 12. The zero-order valence-corrected chi connectivity index (χ0v) is 46.4. The minimum atomic E-state index is -0.384. The maximum Gasteiger partial charge on any atom is 0.301 e. The zero-order valence-electron chi connectivity index (χ0n) is 46.4. The van der Waals surface area contributed by atoms with E-state index in [1.807, 2.05) is 0 Å². The van der Waals surface area contributed by atoms with Crippen molar-refractivity contribution in [2.45, 2.75) is 0 Å². The molecule has 2 aromatic heterocycles. The Morgan fingerprint density at radius 3 is 1.09 bits per heavy atom. The van der Waals surface area contributed by atoms with E-state index < -0.39 is 0 Å². The predicted octanol–water partition coefficient (Wildman–Crippen LogP) is 16.6. The summed E-state index contributed by atoms with van der Waals surface area (Å²) >= 11 is 0. The van der Waals surface area contributed by atoms with E-state index in [2.05, 4.69) is 322 Å². The first kappa shape index (κ1) is 48.2. The van der Waals surface area contributed by atoms with Gasteiger partial charge in [-0.05, 0) is 144 Å². The van der Waals surface area contributed by atoms with Gasteiger partial charge in [0.25, 0.3) is 6.71 Å². The summed E-state index contributed by atoms with van der Waals surface area (Å²) < 4.78 is 22.5. The highest BCUT2D eigenvalue weighted by Gasteiger charge is 2.51. The maximum absolute atomic E-state index is 7.71. The van der Waals surface area contributed by atoms with Gasteiger partial charge in [-0.1, -0.05) is 158 Å². The summed E-state index contributed by atoms with van der Waals surface area (Å²) in [4.78, 5) is 12.0. The quantitative estimate of drug-likeness (QED) is 0.133. The molecule has 8 nitrogen and oxygen atoms in total. The van der Waals surface area contributed by atoms with Gasteiger partial charge in [0.2, 0.25) is 0 Å². The van der Waals surface area contributed by atoms with Gasteiger partial charge in [0.1, 0.15) is 22.7 Å². The molecular formula is C76H49B2N5O3. The third-order valence-corrected chi connectivity index (χ3v) is 17.5. The lowest BCUT2D eigenvalue weighted by Crippen LogP contribution is -2.64. The molecule has 4 aliphatic rings. The lowest BCUT2D eigenvalue weighted by molar-refractivity contribution is 0.487.